The van der Waals surface area contributed by atoms with Gasteiger partial charge in [0.2, 0.25) is 6.08 Å². The molecule has 0 unspecified atom stereocenters. The van der Waals surface area contributed by atoms with Gasteiger partial charge in [-0.15, -0.1) is 0 Å². The Morgan fingerprint density at radius 2 is 2.13 bits per heavy atom. The molecule has 0 fully saturated rings. The first kappa shape index (κ1) is 10.9. The minimum absolute atomic E-state index is 0.0604. The number of isocyanates is 1. The van der Waals surface area contributed by atoms with Crippen LogP contribution in [0.4, 0.5) is 4.79 Å². The maximum Gasteiger partial charge on any atom is 0.416 e. The molecule has 0 aliphatic carbocycles. The summed E-state index contributed by atoms with van der Waals surface area (Å²) in [5.74, 6) is 0.449. The van der Waals surface area contributed by atoms with E-state index in [1.807, 2.05) is 6.07 Å². The first-order chi connectivity index (χ1) is 7.24. The van der Waals surface area contributed by atoms with E-state index in [1.54, 1.807) is 24.3 Å². The lowest BCUT2D eigenvalue weighted by atomic mass is 10.3. The highest BCUT2D eigenvalue weighted by Gasteiger charge is 2.09. The van der Waals surface area contributed by atoms with Crippen molar-refractivity contribution >= 4 is 12.2 Å². The predicted octanol–water partition coefficient (Wildman–Crippen LogP) is 1.41. The van der Waals surface area contributed by atoms with E-state index < -0.39 is 6.09 Å². The summed E-state index contributed by atoms with van der Waals surface area (Å²) < 4.78 is 4.97. The van der Waals surface area contributed by atoms with E-state index in [0.717, 1.165) is 4.90 Å². The molecule has 0 aliphatic rings. The van der Waals surface area contributed by atoms with Crippen molar-refractivity contribution < 1.29 is 14.3 Å². The summed E-state index contributed by atoms with van der Waals surface area (Å²) in [5.41, 5.74) is 0. The highest BCUT2D eigenvalue weighted by Crippen LogP contribution is 2.09. The van der Waals surface area contributed by atoms with Crippen LogP contribution >= 0.6 is 0 Å². The number of amides is 1. The summed E-state index contributed by atoms with van der Waals surface area (Å²) in [5, 5.41) is 0. The second-order valence-electron chi connectivity index (χ2n) is 2.77. The average molecular weight is 206 g/mol. The van der Waals surface area contributed by atoms with E-state index in [1.165, 1.54) is 13.1 Å². The Morgan fingerprint density at radius 1 is 1.47 bits per heavy atom. The molecule has 0 saturated carbocycles. The number of hydrogen-bond acceptors (Lipinski definition) is 4. The van der Waals surface area contributed by atoms with Crippen molar-refractivity contribution in [2.24, 2.45) is 4.99 Å². The molecule has 5 heteroatoms. The number of carbonyl (C=O) groups is 1. The molecule has 1 aromatic carbocycles. The molecule has 0 heterocycles. The van der Waals surface area contributed by atoms with E-state index in [2.05, 4.69) is 4.99 Å². The van der Waals surface area contributed by atoms with E-state index >= 15 is 0 Å². The summed E-state index contributed by atoms with van der Waals surface area (Å²) >= 11 is 0. The van der Waals surface area contributed by atoms with Gasteiger partial charge in [-0.1, -0.05) is 18.2 Å². The van der Waals surface area contributed by atoms with Crippen molar-refractivity contribution in [1.82, 2.24) is 4.90 Å². The number of para-hydroxylation sites is 1. The van der Waals surface area contributed by atoms with Crippen LogP contribution in [-0.2, 0) is 4.79 Å². The number of aliphatic imine (C=N–C) groups is 1. The van der Waals surface area contributed by atoms with Gasteiger partial charge in [0.25, 0.3) is 0 Å². The smallest absolute Gasteiger partial charge is 0.410 e. The fourth-order valence-electron chi connectivity index (χ4n) is 0.860. The summed E-state index contributed by atoms with van der Waals surface area (Å²) in [6.45, 7) is -0.0604. The zero-order valence-electron chi connectivity index (χ0n) is 8.21. The van der Waals surface area contributed by atoms with Crippen molar-refractivity contribution in [3.05, 3.63) is 30.3 Å². The van der Waals surface area contributed by atoms with Crippen LogP contribution in [0.15, 0.2) is 35.3 Å². The Bertz CT molecular complexity index is 372. The molecule has 0 aliphatic heterocycles. The zero-order valence-corrected chi connectivity index (χ0v) is 8.21. The van der Waals surface area contributed by atoms with Crippen LogP contribution in [0, 0.1) is 0 Å². The maximum absolute atomic E-state index is 11.3. The number of ether oxygens (including phenoxy) is 1. The summed E-state index contributed by atoms with van der Waals surface area (Å²) in [6.07, 6.45) is 0.774. The lowest BCUT2D eigenvalue weighted by Gasteiger charge is -2.12. The van der Waals surface area contributed by atoms with Crippen molar-refractivity contribution in [2.45, 2.75) is 0 Å². The van der Waals surface area contributed by atoms with E-state index in [9.17, 15) is 9.59 Å². The van der Waals surface area contributed by atoms with Gasteiger partial charge in [-0.2, -0.15) is 4.99 Å². The van der Waals surface area contributed by atoms with Gasteiger partial charge in [0.15, 0.2) is 0 Å². The zero-order chi connectivity index (χ0) is 11.1. The summed E-state index contributed by atoms with van der Waals surface area (Å²) in [6, 6.07) is 8.65. The van der Waals surface area contributed by atoms with Crippen LogP contribution in [0.5, 0.6) is 5.75 Å². The number of nitrogens with zero attached hydrogens (tertiary/aromatic N) is 2. The predicted molar refractivity (Wildman–Crippen MR) is 53.2 cm³/mol. The molecule has 0 N–H and O–H groups in total. The third-order valence-corrected chi connectivity index (χ3v) is 1.61. The Hall–Kier alpha value is -2.13. The van der Waals surface area contributed by atoms with Crippen LogP contribution in [0.3, 0.4) is 0 Å². The van der Waals surface area contributed by atoms with Gasteiger partial charge in [0.1, 0.15) is 12.4 Å². The molecule has 0 aromatic heterocycles. The third kappa shape index (κ3) is 3.62. The topological polar surface area (TPSA) is 59.0 Å². The van der Waals surface area contributed by atoms with E-state index in [0.29, 0.717) is 5.75 Å². The van der Waals surface area contributed by atoms with Crippen LogP contribution in [0.1, 0.15) is 0 Å². The number of hydrogen-bond donors (Lipinski definition) is 0. The van der Waals surface area contributed by atoms with Crippen molar-refractivity contribution in [1.29, 1.82) is 0 Å². The average Bonchev–Trinajstić information content (AvgIpc) is 2.27. The molecular formula is C10H10N2O3. The lowest BCUT2D eigenvalue weighted by Crippen LogP contribution is -2.29. The Morgan fingerprint density at radius 3 is 2.73 bits per heavy atom. The van der Waals surface area contributed by atoms with Gasteiger partial charge in [-0.25, -0.2) is 9.59 Å². The number of benzene rings is 1. The minimum atomic E-state index is -0.569. The first-order valence-corrected chi connectivity index (χ1v) is 4.25. The molecule has 0 saturated heterocycles. The number of rotatable bonds is 3. The van der Waals surface area contributed by atoms with Crippen molar-refractivity contribution in [2.75, 3.05) is 13.7 Å². The Balaban J connectivity index is 2.52. The van der Waals surface area contributed by atoms with Crippen LogP contribution < -0.4 is 4.74 Å². The standard InChI is InChI=1S/C10H10N2O3/c1-12(7-11-8-13)10(14)15-9-5-3-2-4-6-9/h2-6H,7H2,1H3. The Kier molecular flexibility index (Phi) is 4.06. The first-order valence-electron chi connectivity index (χ1n) is 4.25. The highest BCUT2D eigenvalue weighted by molar-refractivity contribution is 5.70. The third-order valence-electron chi connectivity index (χ3n) is 1.61. The molecule has 1 aromatic rings. The molecule has 15 heavy (non-hydrogen) atoms. The van der Waals surface area contributed by atoms with Crippen LogP contribution in [0.2, 0.25) is 0 Å². The van der Waals surface area contributed by atoms with Gasteiger partial charge in [0.05, 0.1) is 0 Å². The monoisotopic (exact) mass is 206 g/mol. The SMILES string of the molecule is CN(CN=C=O)C(=O)Oc1ccccc1. The van der Waals surface area contributed by atoms with E-state index in [4.69, 9.17) is 4.74 Å². The summed E-state index contributed by atoms with van der Waals surface area (Å²) in [4.78, 5) is 25.6. The molecule has 1 amide bonds. The van der Waals surface area contributed by atoms with Crippen LogP contribution in [-0.4, -0.2) is 30.8 Å². The molecule has 0 bridgehead atoms. The fraction of sp³-hybridized carbons (Fsp3) is 0.200. The molecular weight excluding hydrogens is 196 g/mol. The molecule has 1 rings (SSSR count). The number of carbonyl (C=O) groups excluding carboxylic acids is 2. The highest BCUT2D eigenvalue weighted by atomic mass is 16.6. The fourth-order valence-corrected chi connectivity index (χ4v) is 0.860. The second-order valence-corrected chi connectivity index (χ2v) is 2.77. The molecule has 0 radical (unpaired) electrons. The lowest BCUT2D eigenvalue weighted by molar-refractivity contribution is 0.164. The molecule has 5 nitrogen and oxygen atoms in total. The van der Waals surface area contributed by atoms with Crippen LogP contribution in [0.25, 0.3) is 0 Å². The van der Waals surface area contributed by atoms with E-state index in [-0.39, 0.29) is 6.67 Å². The molecule has 0 atom stereocenters. The minimum Gasteiger partial charge on any atom is -0.410 e. The Labute approximate surface area is 87.0 Å². The quantitative estimate of drug-likeness (QED) is 0.555. The van der Waals surface area contributed by atoms with Crippen molar-refractivity contribution in [3.63, 3.8) is 0 Å². The second kappa shape index (κ2) is 5.57. The van der Waals surface area contributed by atoms with Crippen molar-refractivity contribution in [3.8, 4) is 5.75 Å². The van der Waals surface area contributed by atoms with Gasteiger partial charge in [-0.05, 0) is 12.1 Å². The molecule has 78 valence electrons. The normalized spacial score (nSPS) is 8.87. The van der Waals surface area contributed by atoms with Gasteiger partial charge in [-0.3, -0.25) is 4.90 Å². The van der Waals surface area contributed by atoms with Gasteiger partial charge < -0.3 is 4.74 Å². The largest absolute Gasteiger partial charge is 0.416 e. The molecule has 0 spiro atoms. The summed E-state index contributed by atoms with van der Waals surface area (Å²) in [7, 11) is 1.48. The van der Waals surface area contributed by atoms with Gasteiger partial charge in [0, 0.05) is 7.05 Å². The van der Waals surface area contributed by atoms with Gasteiger partial charge >= 0.3 is 6.09 Å². The maximum atomic E-state index is 11.3.